The fourth-order valence-corrected chi connectivity index (χ4v) is 4.31. The van der Waals surface area contributed by atoms with Gasteiger partial charge in [0.05, 0.1) is 18.6 Å². The number of aliphatic carboxylic acids is 1. The fourth-order valence-electron chi connectivity index (χ4n) is 2.89. The molecule has 1 heterocycles. The maximum atomic E-state index is 12.6. The van der Waals surface area contributed by atoms with Crippen molar-refractivity contribution in [3.63, 3.8) is 0 Å². The smallest absolute Gasteiger partial charge is 0.326 e. The molecular formula is C22H21NO5S2. The molecule has 1 fully saturated rings. The SMILES string of the molecule is COc1cc(C=C2SC(=S)N(C(C)C(=O)O)C2=O)ccc1OCCc1ccccc1. The summed E-state index contributed by atoms with van der Waals surface area (Å²) in [6.07, 6.45) is 2.44. The Hall–Kier alpha value is -2.84. The molecule has 1 saturated heterocycles. The standard InChI is InChI=1S/C22H21NO5S2/c1-14(21(25)26)23-20(24)19(30-22(23)29)13-16-8-9-17(18(12-16)27-2)28-11-10-15-6-4-3-5-7-15/h3-9,12-14H,10-11H2,1-2H3,(H,25,26). The maximum Gasteiger partial charge on any atom is 0.326 e. The molecule has 2 aromatic carbocycles. The van der Waals surface area contributed by atoms with Gasteiger partial charge in [-0.05, 0) is 36.3 Å². The largest absolute Gasteiger partial charge is 0.493 e. The molecule has 2 aromatic rings. The third kappa shape index (κ3) is 5.01. The number of carbonyl (C=O) groups is 2. The van der Waals surface area contributed by atoms with Crippen molar-refractivity contribution >= 4 is 46.3 Å². The van der Waals surface area contributed by atoms with E-state index in [-0.39, 0.29) is 4.32 Å². The molecule has 1 N–H and O–H groups in total. The molecule has 0 spiro atoms. The summed E-state index contributed by atoms with van der Waals surface area (Å²) in [6.45, 7) is 1.94. The zero-order valence-corrected chi connectivity index (χ0v) is 18.2. The summed E-state index contributed by atoms with van der Waals surface area (Å²) in [5.41, 5.74) is 1.91. The highest BCUT2D eigenvalue weighted by Crippen LogP contribution is 2.35. The van der Waals surface area contributed by atoms with E-state index in [2.05, 4.69) is 0 Å². The van der Waals surface area contributed by atoms with Gasteiger partial charge in [-0.2, -0.15) is 0 Å². The minimum Gasteiger partial charge on any atom is -0.493 e. The van der Waals surface area contributed by atoms with Gasteiger partial charge in [0.1, 0.15) is 10.4 Å². The summed E-state index contributed by atoms with van der Waals surface area (Å²) in [7, 11) is 1.55. The highest BCUT2D eigenvalue weighted by atomic mass is 32.2. The average Bonchev–Trinajstić information content (AvgIpc) is 3.01. The first-order valence-corrected chi connectivity index (χ1v) is 10.5. The first kappa shape index (κ1) is 21.9. The average molecular weight is 444 g/mol. The second kappa shape index (κ2) is 9.77. The Morgan fingerprint density at radius 1 is 1.23 bits per heavy atom. The third-order valence-corrected chi connectivity index (χ3v) is 5.88. The molecule has 0 aliphatic carbocycles. The zero-order chi connectivity index (χ0) is 21.7. The summed E-state index contributed by atoms with van der Waals surface area (Å²) in [5.74, 6) is -0.364. The number of nitrogens with zero attached hydrogens (tertiary/aromatic N) is 1. The molecule has 0 aromatic heterocycles. The van der Waals surface area contributed by atoms with Crippen molar-refractivity contribution in [2.75, 3.05) is 13.7 Å². The lowest BCUT2D eigenvalue weighted by molar-refractivity contribution is -0.144. The Balaban J connectivity index is 1.72. The van der Waals surface area contributed by atoms with Crippen molar-refractivity contribution in [1.82, 2.24) is 4.90 Å². The zero-order valence-electron chi connectivity index (χ0n) is 16.5. The molecular weight excluding hydrogens is 422 g/mol. The van der Waals surface area contributed by atoms with E-state index in [0.29, 0.717) is 23.0 Å². The van der Waals surface area contributed by atoms with Crippen molar-refractivity contribution in [1.29, 1.82) is 0 Å². The normalized spacial score (nSPS) is 16.1. The van der Waals surface area contributed by atoms with Crippen molar-refractivity contribution in [3.8, 4) is 11.5 Å². The number of thiocarbonyl (C=S) groups is 1. The highest BCUT2D eigenvalue weighted by molar-refractivity contribution is 8.26. The lowest BCUT2D eigenvalue weighted by Gasteiger charge is -2.18. The second-order valence-electron chi connectivity index (χ2n) is 6.56. The molecule has 0 saturated carbocycles. The number of hydrogen-bond acceptors (Lipinski definition) is 6. The molecule has 1 unspecified atom stereocenters. The molecule has 1 atom stereocenters. The predicted octanol–water partition coefficient (Wildman–Crippen LogP) is 3.99. The number of amides is 1. The number of hydrogen-bond donors (Lipinski definition) is 1. The molecule has 0 bridgehead atoms. The lowest BCUT2D eigenvalue weighted by atomic mass is 10.1. The minimum atomic E-state index is -1.11. The van der Waals surface area contributed by atoms with Crippen LogP contribution in [0.5, 0.6) is 11.5 Å². The number of methoxy groups -OCH3 is 1. The van der Waals surface area contributed by atoms with Crippen LogP contribution >= 0.6 is 24.0 Å². The van der Waals surface area contributed by atoms with Crippen LogP contribution in [0.4, 0.5) is 0 Å². The summed E-state index contributed by atoms with van der Waals surface area (Å²) >= 11 is 6.27. The molecule has 30 heavy (non-hydrogen) atoms. The van der Waals surface area contributed by atoms with Gasteiger partial charge < -0.3 is 14.6 Å². The molecule has 3 rings (SSSR count). The van der Waals surface area contributed by atoms with E-state index >= 15 is 0 Å². The van der Waals surface area contributed by atoms with Crippen molar-refractivity contribution < 1.29 is 24.2 Å². The number of ether oxygens (including phenoxy) is 2. The van der Waals surface area contributed by atoms with E-state index < -0.39 is 17.9 Å². The number of rotatable bonds is 8. The Morgan fingerprint density at radius 2 is 1.97 bits per heavy atom. The van der Waals surface area contributed by atoms with Crippen LogP contribution in [0.1, 0.15) is 18.1 Å². The quantitative estimate of drug-likeness (QED) is 0.488. The van der Waals surface area contributed by atoms with Gasteiger partial charge in [0, 0.05) is 6.42 Å². The molecule has 1 aliphatic rings. The highest BCUT2D eigenvalue weighted by Gasteiger charge is 2.38. The van der Waals surface area contributed by atoms with Gasteiger partial charge in [-0.3, -0.25) is 9.69 Å². The van der Waals surface area contributed by atoms with E-state index in [4.69, 9.17) is 21.7 Å². The minimum absolute atomic E-state index is 0.231. The third-order valence-electron chi connectivity index (χ3n) is 4.54. The number of benzene rings is 2. The number of thioether (sulfide) groups is 1. The Labute approximate surface area is 184 Å². The van der Waals surface area contributed by atoms with Gasteiger partial charge in [0.15, 0.2) is 11.5 Å². The van der Waals surface area contributed by atoms with Crippen LogP contribution in [0.2, 0.25) is 0 Å². The van der Waals surface area contributed by atoms with E-state index in [0.717, 1.165) is 28.6 Å². The van der Waals surface area contributed by atoms with Gasteiger partial charge >= 0.3 is 5.97 Å². The summed E-state index contributed by atoms with van der Waals surface area (Å²) in [6, 6.07) is 14.4. The summed E-state index contributed by atoms with van der Waals surface area (Å²) in [4.78, 5) is 25.3. The van der Waals surface area contributed by atoms with Crippen molar-refractivity contribution in [3.05, 3.63) is 64.6 Å². The first-order chi connectivity index (χ1) is 14.4. The molecule has 156 valence electrons. The Morgan fingerprint density at radius 3 is 2.63 bits per heavy atom. The van der Waals surface area contributed by atoms with E-state index in [1.807, 2.05) is 36.4 Å². The van der Waals surface area contributed by atoms with Crippen LogP contribution in [0.3, 0.4) is 0 Å². The van der Waals surface area contributed by atoms with Crippen LogP contribution in [0, 0.1) is 0 Å². The van der Waals surface area contributed by atoms with Gasteiger partial charge in [-0.15, -0.1) is 0 Å². The predicted molar refractivity (Wildman–Crippen MR) is 121 cm³/mol. The molecule has 1 amide bonds. The topological polar surface area (TPSA) is 76.1 Å². The van der Waals surface area contributed by atoms with Crippen LogP contribution in [-0.4, -0.2) is 46.0 Å². The molecule has 1 aliphatic heterocycles. The van der Waals surface area contributed by atoms with Crippen LogP contribution in [0.15, 0.2) is 53.4 Å². The fraction of sp³-hybridized carbons (Fsp3) is 0.227. The van der Waals surface area contributed by atoms with Crippen LogP contribution in [-0.2, 0) is 16.0 Å². The lowest BCUT2D eigenvalue weighted by Crippen LogP contribution is -2.41. The monoisotopic (exact) mass is 443 g/mol. The van der Waals surface area contributed by atoms with Crippen LogP contribution in [0.25, 0.3) is 6.08 Å². The van der Waals surface area contributed by atoms with Gasteiger partial charge in [-0.1, -0.05) is 60.4 Å². The second-order valence-corrected chi connectivity index (χ2v) is 8.24. The van der Waals surface area contributed by atoms with E-state index in [1.165, 1.54) is 12.5 Å². The van der Waals surface area contributed by atoms with Crippen molar-refractivity contribution in [2.45, 2.75) is 19.4 Å². The van der Waals surface area contributed by atoms with E-state index in [1.54, 1.807) is 25.3 Å². The number of carboxylic acid groups (broad SMARTS) is 1. The van der Waals surface area contributed by atoms with Gasteiger partial charge in [-0.25, -0.2) is 4.79 Å². The summed E-state index contributed by atoms with van der Waals surface area (Å²) < 4.78 is 11.5. The maximum absolute atomic E-state index is 12.6. The van der Waals surface area contributed by atoms with Gasteiger partial charge in [0.25, 0.3) is 5.91 Å². The molecule has 0 radical (unpaired) electrons. The van der Waals surface area contributed by atoms with E-state index in [9.17, 15) is 14.7 Å². The molecule has 6 nitrogen and oxygen atoms in total. The Kier molecular flexibility index (Phi) is 7.12. The van der Waals surface area contributed by atoms with Gasteiger partial charge in [0.2, 0.25) is 0 Å². The van der Waals surface area contributed by atoms with Crippen molar-refractivity contribution in [2.24, 2.45) is 0 Å². The first-order valence-electron chi connectivity index (χ1n) is 9.25. The number of carbonyl (C=O) groups excluding carboxylic acids is 1. The Bertz CT molecular complexity index is 990. The van der Waals surface area contributed by atoms with Crippen LogP contribution < -0.4 is 9.47 Å². The summed E-state index contributed by atoms with van der Waals surface area (Å²) in [5, 5.41) is 9.18. The number of carboxylic acids is 1. The molecule has 8 heteroatoms.